The summed E-state index contributed by atoms with van der Waals surface area (Å²) in [5.41, 5.74) is 4.46. The highest BCUT2D eigenvalue weighted by Gasteiger charge is 2.29. The monoisotopic (exact) mass is 504 g/mol. The largest absolute Gasteiger partial charge is 0.348 e. The number of sulfonamides is 1. The average molecular weight is 505 g/mol. The number of halogens is 2. The van der Waals surface area contributed by atoms with Crippen molar-refractivity contribution >= 4 is 44.8 Å². The number of amides is 1. The van der Waals surface area contributed by atoms with Crippen molar-refractivity contribution in [3.05, 3.63) is 93.0 Å². The van der Waals surface area contributed by atoms with Crippen LogP contribution in [0.2, 0.25) is 10.0 Å². The summed E-state index contributed by atoms with van der Waals surface area (Å²) >= 11 is 12.4. The highest BCUT2D eigenvalue weighted by atomic mass is 35.5. The van der Waals surface area contributed by atoms with Crippen LogP contribution in [-0.2, 0) is 14.8 Å². The van der Waals surface area contributed by atoms with Crippen LogP contribution in [0.4, 0.5) is 5.69 Å². The number of hydrogen-bond donors (Lipinski definition) is 1. The second kappa shape index (κ2) is 10.2. The van der Waals surface area contributed by atoms with E-state index in [1.165, 1.54) is 29.8 Å². The number of aryl methyl sites for hydroxylation is 3. The number of hydrogen-bond acceptors (Lipinski definition) is 3. The Morgan fingerprint density at radius 2 is 1.58 bits per heavy atom. The summed E-state index contributed by atoms with van der Waals surface area (Å²) in [7, 11) is -4.08. The van der Waals surface area contributed by atoms with Crippen molar-refractivity contribution in [3.63, 3.8) is 0 Å². The molecule has 0 heterocycles. The van der Waals surface area contributed by atoms with Crippen molar-refractivity contribution in [2.75, 3.05) is 10.8 Å². The molecule has 1 atom stereocenters. The molecule has 1 unspecified atom stereocenters. The summed E-state index contributed by atoms with van der Waals surface area (Å²) < 4.78 is 27.9. The van der Waals surface area contributed by atoms with E-state index in [4.69, 9.17) is 23.2 Å². The molecule has 8 heteroatoms. The summed E-state index contributed by atoms with van der Waals surface area (Å²) in [6.45, 7) is 7.46. The van der Waals surface area contributed by atoms with Crippen LogP contribution in [0, 0.1) is 20.8 Å². The van der Waals surface area contributed by atoms with Gasteiger partial charge < -0.3 is 5.32 Å². The lowest BCUT2D eigenvalue weighted by Gasteiger charge is -2.26. The molecule has 1 N–H and O–H groups in total. The van der Waals surface area contributed by atoms with E-state index < -0.39 is 22.5 Å². The van der Waals surface area contributed by atoms with Crippen LogP contribution in [0.15, 0.2) is 65.6 Å². The quantitative estimate of drug-likeness (QED) is 0.429. The van der Waals surface area contributed by atoms with Gasteiger partial charge in [-0.3, -0.25) is 9.10 Å². The third-order valence-electron chi connectivity index (χ3n) is 5.52. The maximum Gasteiger partial charge on any atom is 0.264 e. The number of carbonyl (C=O) groups excluding carboxylic acids is 1. The van der Waals surface area contributed by atoms with Gasteiger partial charge in [0.05, 0.1) is 21.6 Å². The Hall–Kier alpha value is -2.54. The first-order chi connectivity index (χ1) is 15.5. The van der Waals surface area contributed by atoms with Crippen LogP contribution >= 0.6 is 23.2 Å². The molecule has 0 aliphatic rings. The zero-order valence-corrected chi connectivity index (χ0v) is 21.2. The molecule has 5 nitrogen and oxygen atoms in total. The highest BCUT2D eigenvalue weighted by molar-refractivity contribution is 7.92. The molecule has 0 aliphatic heterocycles. The standard InChI is InChI=1S/C25H26Cl2N2O3S/c1-16-12-18(3)22(13-17(16)2)19(4)28-25(30)15-29(24-14-20(26)10-11-23(24)27)33(31,32)21-8-6-5-7-9-21/h5-14,19H,15H2,1-4H3,(H,28,30). The van der Waals surface area contributed by atoms with Gasteiger partial charge in [-0.2, -0.15) is 0 Å². The number of carbonyl (C=O) groups is 1. The third-order valence-corrected chi connectivity index (χ3v) is 7.85. The van der Waals surface area contributed by atoms with Gasteiger partial charge in [0.15, 0.2) is 0 Å². The van der Waals surface area contributed by atoms with Crippen LogP contribution < -0.4 is 9.62 Å². The number of rotatable bonds is 7. The van der Waals surface area contributed by atoms with Gasteiger partial charge in [-0.1, -0.05) is 53.5 Å². The van der Waals surface area contributed by atoms with E-state index in [1.807, 2.05) is 33.8 Å². The number of benzene rings is 3. The Balaban J connectivity index is 1.94. The number of nitrogens with one attached hydrogen (secondary N) is 1. The smallest absolute Gasteiger partial charge is 0.264 e. The highest BCUT2D eigenvalue weighted by Crippen LogP contribution is 2.33. The lowest BCUT2D eigenvalue weighted by molar-refractivity contribution is -0.120. The topological polar surface area (TPSA) is 66.5 Å². The van der Waals surface area contributed by atoms with Gasteiger partial charge in [-0.05, 0) is 80.3 Å². The SMILES string of the molecule is Cc1cc(C)c(C(C)NC(=O)CN(c2cc(Cl)ccc2Cl)S(=O)(=O)c2ccccc2)cc1C. The van der Waals surface area contributed by atoms with Crippen LogP contribution in [0.25, 0.3) is 0 Å². The zero-order chi connectivity index (χ0) is 24.3. The average Bonchev–Trinajstić information content (AvgIpc) is 2.76. The number of anilines is 1. The Morgan fingerprint density at radius 3 is 2.24 bits per heavy atom. The lowest BCUT2D eigenvalue weighted by Crippen LogP contribution is -2.41. The maximum absolute atomic E-state index is 13.5. The van der Waals surface area contributed by atoms with Gasteiger partial charge in [0.25, 0.3) is 10.0 Å². The Morgan fingerprint density at radius 1 is 0.939 bits per heavy atom. The van der Waals surface area contributed by atoms with Crippen molar-refractivity contribution < 1.29 is 13.2 Å². The van der Waals surface area contributed by atoms with Crippen LogP contribution in [0.1, 0.15) is 35.2 Å². The first-order valence-corrected chi connectivity index (χ1v) is 12.6. The van der Waals surface area contributed by atoms with Crippen LogP contribution in [-0.4, -0.2) is 20.9 Å². The van der Waals surface area contributed by atoms with Crippen LogP contribution in [0.5, 0.6) is 0 Å². The molecule has 1 amide bonds. The van der Waals surface area contributed by atoms with E-state index in [0.29, 0.717) is 5.02 Å². The van der Waals surface area contributed by atoms with Crippen molar-refractivity contribution in [1.82, 2.24) is 5.32 Å². The number of nitrogens with zero attached hydrogens (tertiary/aromatic N) is 1. The van der Waals surface area contributed by atoms with E-state index >= 15 is 0 Å². The molecule has 3 rings (SSSR count). The summed E-state index contributed by atoms with van der Waals surface area (Å²) in [4.78, 5) is 13.1. The van der Waals surface area contributed by atoms with E-state index in [2.05, 4.69) is 11.4 Å². The molecule has 0 saturated carbocycles. The van der Waals surface area contributed by atoms with Gasteiger partial charge >= 0.3 is 0 Å². The molecule has 0 bridgehead atoms. The summed E-state index contributed by atoms with van der Waals surface area (Å²) in [5, 5.41) is 3.40. The first-order valence-electron chi connectivity index (χ1n) is 10.4. The minimum absolute atomic E-state index is 0.0481. The van der Waals surface area contributed by atoms with Crippen LogP contribution in [0.3, 0.4) is 0 Å². The predicted molar refractivity (Wildman–Crippen MR) is 135 cm³/mol. The second-order valence-electron chi connectivity index (χ2n) is 8.00. The van der Waals surface area contributed by atoms with E-state index in [1.54, 1.807) is 24.3 Å². The second-order valence-corrected chi connectivity index (χ2v) is 10.7. The van der Waals surface area contributed by atoms with Crippen molar-refractivity contribution in [3.8, 4) is 0 Å². The van der Waals surface area contributed by atoms with E-state index in [9.17, 15) is 13.2 Å². The fourth-order valence-electron chi connectivity index (χ4n) is 3.64. The third kappa shape index (κ3) is 5.69. The van der Waals surface area contributed by atoms with Gasteiger partial charge in [-0.25, -0.2) is 8.42 Å². The van der Waals surface area contributed by atoms with Gasteiger partial charge in [0, 0.05) is 5.02 Å². The molecular weight excluding hydrogens is 479 g/mol. The summed E-state index contributed by atoms with van der Waals surface area (Å²) in [6, 6.07) is 16.2. The minimum atomic E-state index is -4.08. The molecular formula is C25H26Cl2N2O3S. The minimum Gasteiger partial charge on any atom is -0.348 e. The Labute approximate surface area is 205 Å². The van der Waals surface area contributed by atoms with Crippen molar-refractivity contribution in [2.45, 2.75) is 38.6 Å². The lowest BCUT2D eigenvalue weighted by atomic mass is 9.96. The van der Waals surface area contributed by atoms with Gasteiger partial charge in [0.1, 0.15) is 6.54 Å². The van der Waals surface area contributed by atoms with Gasteiger partial charge in [0.2, 0.25) is 5.91 Å². The molecule has 33 heavy (non-hydrogen) atoms. The predicted octanol–water partition coefficient (Wildman–Crippen LogP) is 5.99. The van der Waals surface area contributed by atoms with E-state index in [0.717, 1.165) is 21.0 Å². The van der Waals surface area contributed by atoms with E-state index in [-0.39, 0.29) is 21.6 Å². The summed E-state index contributed by atoms with van der Waals surface area (Å²) in [5.74, 6) is -0.462. The molecule has 0 aromatic heterocycles. The molecule has 0 aliphatic carbocycles. The zero-order valence-electron chi connectivity index (χ0n) is 18.9. The molecule has 0 radical (unpaired) electrons. The molecule has 3 aromatic carbocycles. The normalized spacial score (nSPS) is 12.3. The molecule has 0 spiro atoms. The fraction of sp³-hybridized carbons (Fsp3) is 0.240. The van der Waals surface area contributed by atoms with Crippen molar-refractivity contribution in [2.24, 2.45) is 0 Å². The Kier molecular flexibility index (Phi) is 7.73. The summed E-state index contributed by atoms with van der Waals surface area (Å²) in [6.07, 6.45) is 0. The van der Waals surface area contributed by atoms with Crippen molar-refractivity contribution in [1.29, 1.82) is 0 Å². The molecule has 0 fully saturated rings. The fourth-order valence-corrected chi connectivity index (χ4v) is 5.53. The molecule has 174 valence electrons. The van der Waals surface area contributed by atoms with Gasteiger partial charge in [-0.15, -0.1) is 0 Å². The molecule has 0 saturated heterocycles. The maximum atomic E-state index is 13.5. The molecule has 3 aromatic rings. The first kappa shape index (κ1) is 25.1. The Bertz CT molecular complexity index is 1280.